The lowest BCUT2D eigenvalue weighted by molar-refractivity contribution is 0.159. The van der Waals surface area contributed by atoms with Crippen molar-refractivity contribution in [2.45, 2.75) is 38.6 Å². The van der Waals surface area contributed by atoms with Crippen LogP contribution in [0.4, 0.5) is 0 Å². The van der Waals surface area contributed by atoms with Crippen LogP contribution >= 0.6 is 12.4 Å². The SMILES string of the molecule is C[C@H]1CC2(CCC2)CN1.Cl. The van der Waals surface area contributed by atoms with Crippen molar-refractivity contribution in [3.63, 3.8) is 0 Å². The molecule has 0 radical (unpaired) electrons. The first-order chi connectivity index (χ1) is 4.31. The van der Waals surface area contributed by atoms with Crippen molar-refractivity contribution in [1.29, 1.82) is 0 Å². The normalized spacial score (nSPS) is 35.1. The zero-order valence-corrected chi connectivity index (χ0v) is 7.34. The van der Waals surface area contributed by atoms with Crippen LogP contribution in [-0.4, -0.2) is 12.6 Å². The van der Waals surface area contributed by atoms with Crippen molar-refractivity contribution in [3.8, 4) is 0 Å². The summed E-state index contributed by atoms with van der Waals surface area (Å²) in [6, 6.07) is 0.797. The summed E-state index contributed by atoms with van der Waals surface area (Å²) in [6.07, 6.45) is 5.90. The van der Waals surface area contributed by atoms with Gasteiger partial charge in [-0.15, -0.1) is 12.4 Å². The maximum absolute atomic E-state index is 3.51. The van der Waals surface area contributed by atoms with Crippen LogP contribution in [0.3, 0.4) is 0 Å². The van der Waals surface area contributed by atoms with Gasteiger partial charge in [-0.2, -0.15) is 0 Å². The van der Waals surface area contributed by atoms with Crippen LogP contribution in [0.2, 0.25) is 0 Å². The molecule has 2 aliphatic rings. The molecule has 1 N–H and O–H groups in total. The van der Waals surface area contributed by atoms with Crippen molar-refractivity contribution in [1.82, 2.24) is 5.32 Å². The Hall–Kier alpha value is 0.250. The highest BCUT2D eigenvalue weighted by Gasteiger charge is 2.41. The maximum Gasteiger partial charge on any atom is 0.00447 e. The lowest BCUT2D eigenvalue weighted by Gasteiger charge is -2.37. The van der Waals surface area contributed by atoms with Gasteiger partial charge in [0.2, 0.25) is 0 Å². The van der Waals surface area contributed by atoms with E-state index in [2.05, 4.69) is 12.2 Å². The molecule has 1 aliphatic heterocycles. The summed E-state index contributed by atoms with van der Waals surface area (Å²) in [6.45, 7) is 3.60. The predicted molar refractivity (Wildman–Crippen MR) is 45.6 cm³/mol. The molecule has 0 aromatic heterocycles. The number of nitrogens with one attached hydrogen (secondary N) is 1. The van der Waals surface area contributed by atoms with E-state index in [1.165, 1.54) is 32.2 Å². The predicted octanol–water partition coefficient (Wildman–Crippen LogP) is 1.96. The van der Waals surface area contributed by atoms with E-state index in [-0.39, 0.29) is 12.4 Å². The molecule has 1 spiro atoms. The van der Waals surface area contributed by atoms with Gasteiger partial charge in [0, 0.05) is 12.6 Å². The van der Waals surface area contributed by atoms with E-state index in [0.717, 1.165) is 11.5 Å². The van der Waals surface area contributed by atoms with E-state index >= 15 is 0 Å². The Morgan fingerprint density at radius 1 is 1.40 bits per heavy atom. The first-order valence-electron chi connectivity index (χ1n) is 4.04. The molecule has 1 nitrogen and oxygen atoms in total. The van der Waals surface area contributed by atoms with Crippen molar-refractivity contribution >= 4 is 12.4 Å². The highest BCUT2D eigenvalue weighted by molar-refractivity contribution is 5.85. The number of rotatable bonds is 0. The first kappa shape index (κ1) is 8.35. The molecule has 0 bridgehead atoms. The molecule has 0 aromatic carbocycles. The molecule has 10 heavy (non-hydrogen) atoms. The van der Waals surface area contributed by atoms with Gasteiger partial charge in [0.25, 0.3) is 0 Å². The van der Waals surface area contributed by atoms with Gasteiger partial charge < -0.3 is 5.32 Å². The largest absolute Gasteiger partial charge is 0.314 e. The molecule has 0 unspecified atom stereocenters. The summed E-state index contributed by atoms with van der Waals surface area (Å²) < 4.78 is 0. The van der Waals surface area contributed by atoms with Crippen LogP contribution in [0.1, 0.15) is 32.6 Å². The van der Waals surface area contributed by atoms with E-state index in [0.29, 0.717) is 0 Å². The minimum Gasteiger partial charge on any atom is -0.314 e. The van der Waals surface area contributed by atoms with E-state index in [1.807, 2.05) is 0 Å². The Bertz CT molecular complexity index is 120. The zero-order chi connectivity index (χ0) is 6.32. The van der Waals surface area contributed by atoms with E-state index in [9.17, 15) is 0 Å². The van der Waals surface area contributed by atoms with Crippen LogP contribution < -0.4 is 5.32 Å². The van der Waals surface area contributed by atoms with Crippen molar-refractivity contribution < 1.29 is 0 Å². The molecule has 1 heterocycles. The van der Waals surface area contributed by atoms with Gasteiger partial charge in [-0.05, 0) is 31.6 Å². The van der Waals surface area contributed by atoms with E-state index in [1.54, 1.807) is 0 Å². The van der Waals surface area contributed by atoms with Crippen LogP contribution in [-0.2, 0) is 0 Å². The third-order valence-corrected chi connectivity index (χ3v) is 2.98. The van der Waals surface area contributed by atoms with Gasteiger partial charge in [0.05, 0.1) is 0 Å². The Balaban J connectivity index is 0.000000500. The summed E-state index contributed by atoms with van der Waals surface area (Å²) in [5.41, 5.74) is 0.777. The fraction of sp³-hybridized carbons (Fsp3) is 1.00. The van der Waals surface area contributed by atoms with Gasteiger partial charge in [-0.1, -0.05) is 6.42 Å². The molecule has 2 heteroatoms. The average molecular weight is 162 g/mol. The highest BCUT2D eigenvalue weighted by Crippen LogP contribution is 2.46. The molecule has 2 rings (SSSR count). The summed E-state index contributed by atoms with van der Waals surface area (Å²) in [4.78, 5) is 0. The first-order valence-corrected chi connectivity index (χ1v) is 4.04. The zero-order valence-electron chi connectivity index (χ0n) is 6.52. The molecular formula is C8H16ClN. The van der Waals surface area contributed by atoms with Gasteiger partial charge in [-0.25, -0.2) is 0 Å². The minimum absolute atomic E-state index is 0. The van der Waals surface area contributed by atoms with E-state index in [4.69, 9.17) is 0 Å². The van der Waals surface area contributed by atoms with Gasteiger partial charge in [-0.3, -0.25) is 0 Å². The average Bonchev–Trinajstić information content (AvgIpc) is 2.09. The molecular weight excluding hydrogens is 146 g/mol. The van der Waals surface area contributed by atoms with Crippen molar-refractivity contribution in [2.75, 3.05) is 6.54 Å². The van der Waals surface area contributed by atoms with Crippen LogP contribution in [0.5, 0.6) is 0 Å². The topological polar surface area (TPSA) is 12.0 Å². The summed E-state index contributed by atoms with van der Waals surface area (Å²) in [5.74, 6) is 0. The van der Waals surface area contributed by atoms with Gasteiger partial charge >= 0.3 is 0 Å². The standard InChI is InChI=1S/C8H15N.ClH/c1-7-5-8(6-9-7)3-2-4-8;/h7,9H,2-6H2,1H3;1H/t7-;/m0./s1. The molecule has 1 atom stereocenters. The molecule has 0 amide bonds. The fourth-order valence-corrected chi connectivity index (χ4v) is 2.24. The monoisotopic (exact) mass is 161 g/mol. The van der Waals surface area contributed by atoms with Crippen molar-refractivity contribution in [2.24, 2.45) is 5.41 Å². The minimum atomic E-state index is 0. The van der Waals surface area contributed by atoms with Gasteiger partial charge in [0.15, 0.2) is 0 Å². The number of hydrogen-bond acceptors (Lipinski definition) is 1. The third kappa shape index (κ3) is 1.17. The molecule has 0 aromatic rings. The van der Waals surface area contributed by atoms with Crippen LogP contribution in [0.25, 0.3) is 0 Å². The highest BCUT2D eigenvalue weighted by atomic mass is 35.5. The summed E-state index contributed by atoms with van der Waals surface area (Å²) in [7, 11) is 0. The van der Waals surface area contributed by atoms with Crippen molar-refractivity contribution in [3.05, 3.63) is 0 Å². The Labute approximate surface area is 69.0 Å². The Morgan fingerprint density at radius 3 is 2.30 bits per heavy atom. The molecule has 1 saturated heterocycles. The maximum atomic E-state index is 3.51. The lowest BCUT2D eigenvalue weighted by atomic mass is 9.68. The van der Waals surface area contributed by atoms with Gasteiger partial charge in [0.1, 0.15) is 0 Å². The second-order valence-electron chi connectivity index (χ2n) is 3.84. The molecule has 1 saturated carbocycles. The van der Waals surface area contributed by atoms with E-state index < -0.39 is 0 Å². The third-order valence-electron chi connectivity index (χ3n) is 2.98. The second kappa shape index (κ2) is 2.71. The summed E-state index contributed by atoms with van der Waals surface area (Å²) in [5, 5.41) is 3.51. The molecule has 1 aliphatic carbocycles. The Morgan fingerprint density at radius 2 is 2.10 bits per heavy atom. The number of halogens is 1. The van der Waals surface area contributed by atoms with Crippen LogP contribution in [0, 0.1) is 5.41 Å². The molecule has 60 valence electrons. The second-order valence-corrected chi connectivity index (χ2v) is 3.84. The van der Waals surface area contributed by atoms with Crippen LogP contribution in [0.15, 0.2) is 0 Å². The quantitative estimate of drug-likeness (QED) is 0.573. The summed E-state index contributed by atoms with van der Waals surface area (Å²) >= 11 is 0. The number of hydrogen-bond donors (Lipinski definition) is 1. The smallest absolute Gasteiger partial charge is 0.00447 e. The molecule has 2 fully saturated rings. The lowest BCUT2D eigenvalue weighted by Crippen LogP contribution is -2.31. The Kier molecular flexibility index (Phi) is 2.26. The fourth-order valence-electron chi connectivity index (χ4n) is 2.24.